The van der Waals surface area contributed by atoms with E-state index in [2.05, 4.69) is 31.1 Å². The predicted octanol–water partition coefficient (Wildman–Crippen LogP) is 3.37. The van der Waals surface area contributed by atoms with Gasteiger partial charge in [-0.1, -0.05) is 17.3 Å². The topological polar surface area (TPSA) is 67.9 Å². The van der Waals surface area contributed by atoms with Crippen LogP contribution in [0.5, 0.6) is 0 Å². The standard InChI is InChI=1S/C17H15N5OS/c1-22(11-16-19-13-6-2-3-7-14(13)24-16)10-15-20-17(21-23-15)12-5-4-8-18-9-12/h2-9H,10-11H2,1H3. The van der Waals surface area contributed by atoms with E-state index in [1.54, 1.807) is 23.7 Å². The third-order valence-corrected chi connectivity index (χ3v) is 4.56. The lowest BCUT2D eigenvalue weighted by atomic mass is 10.3. The number of fused-ring (bicyclic) bond motifs is 1. The monoisotopic (exact) mass is 337 g/mol. The van der Waals surface area contributed by atoms with Crippen molar-refractivity contribution in [2.45, 2.75) is 13.1 Å². The van der Waals surface area contributed by atoms with Crippen LogP contribution in [-0.4, -0.2) is 32.1 Å². The van der Waals surface area contributed by atoms with Crippen LogP contribution >= 0.6 is 11.3 Å². The highest BCUT2D eigenvalue weighted by Gasteiger charge is 2.12. The molecule has 0 fully saturated rings. The number of para-hydroxylation sites is 1. The predicted molar refractivity (Wildman–Crippen MR) is 92.3 cm³/mol. The van der Waals surface area contributed by atoms with E-state index in [-0.39, 0.29) is 0 Å². The average molecular weight is 337 g/mol. The van der Waals surface area contributed by atoms with Gasteiger partial charge in [-0.25, -0.2) is 4.98 Å². The molecule has 3 heterocycles. The molecule has 7 heteroatoms. The average Bonchev–Trinajstić information content (AvgIpc) is 3.21. The maximum atomic E-state index is 5.34. The lowest BCUT2D eigenvalue weighted by Gasteiger charge is -2.11. The maximum absolute atomic E-state index is 5.34. The first-order valence-corrected chi connectivity index (χ1v) is 8.35. The zero-order chi connectivity index (χ0) is 16.4. The third kappa shape index (κ3) is 3.17. The van der Waals surface area contributed by atoms with Gasteiger partial charge in [-0.15, -0.1) is 11.3 Å². The molecular formula is C17H15N5OS. The molecule has 0 saturated carbocycles. The Bertz CT molecular complexity index is 917. The Kier molecular flexibility index (Phi) is 4.02. The Hall–Kier alpha value is -2.64. The molecule has 0 saturated heterocycles. The van der Waals surface area contributed by atoms with Gasteiger partial charge in [-0.05, 0) is 31.3 Å². The number of thiazole rings is 1. The van der Waals surface area contributed by atoms with Gasteiger partial charge in [0.15, 0.2) is 0 Å². The molecule has 1 aromatic carbocycles. The highest BCUT2D eigenvalue weighted by molar-refractivity contribution is 7.18. The fourth-order valence-electron chi connectivity index (χ4n) is 2.44. The summed E-state index contributed by atoms with van der Waals surface area (Å²) in [6, 6.07) is 11.9. The SMILES string of the molecule is CN(Cc1nc(-c2cccnc2)no1)Cc1nc2ccccc2s1. The second-order valence-electron chi connectivity index (χ2n) is 5.50. The number of benzene rings is 1. The van der Waals surface area contributed by atoms with Gasteiger partial charge in [0.05, 0.1) is 23.3 Å². The second kappa shape index (κ2) is 6.46. The summed E-state index contributed by atoms with van der Waals surface area (Å²) in [5.74, 6) is 1.14. The summed E-state index contributed by atoms with van der Waals surface area (Å²) in [4.78, 5) is 15.3. The Morgan fingerprint density at radius 1 is 1.08 bits per heavy atom. The van der Waals surface area contributed by atoms with Gasteiger partial charge < -0.3 is 4.52 Å². The molecule has 4 aromatic rings. The van der Waals surface area contributed by atoms with Crippen LogP contribution in [0.1, 0.15) is 10.9 Å². The summed E-state index contributed by atoms with van der Waals surface area (Å²) in [7, 11) is 2.01. The van der Waals surface area contributed by atoms with Crippen LogP contribution in [0.15, 0.2) is 53.3 Å². The van der Waals surface area contributed by atoms with E-state index in [0.717, 1.165) is 22.6 Å². The van der Waals surface area contributed by atoms with E-state index in [0.29, 0.717) is 18.3 Å². The summed E-state index contributed by atoms with van der Waals surface area (Å²) >= 11 is 1.71. The van der Waals surface area contributed by atoms with E-state index >= 15 is 0 Å². The molecule has 0 N–H and O–H groups in total. The number of aromatic nitrogens is 4. The van der Waals surface area contributed by atoms with Gasteiger partial charge in [0.1, 0.15) is 5.01 Å². The zero-order valence-corrected chi connectivity index (χ0v) is 13.9. The van der Waals surface area contributed by atoms with Gasteiger partial charge in [0.2, 0.25) is 11.7 Å². The first-order chi connectivity index (χ1) is 11.8. The highest BCUT2D eigenvalue weighted by Crippen LogP contribution is 2.23. The van der Waals surface area contributed by atoms with Crippen molar-refractivity contribution >= 4 is 21.6 Å². The Morgan fingerprint density at radius 3 is 2.83 bits per heavy atom. The molecule has 0 amide bonds. The number of hydrogen-bond acceptors (Lipinski definition) is 7. The lowest BCUT2D eigenvalue weighted by Crippen LogP contribution is -2.17. The molecule has 0 aliphatic rings. The third-order valence-electron chi connectivity index (χ3n) is 3.54. The van der Waals surface area contributed by atoms with Gasteiger partial charge in [-0.2, -0.15) is 4.98 Å². The molecule has 24 heavy (non-hydrogen) atoms. The largest absolute Gasteiger partial charge is 0.338 e. The molecule has 120 valence electrons. The van der Waals surface area contributed by atoms with Crippen molar-refractivity contribution in [1.82, 2.24) is 25.0 Å². The lowest BCUT2D eigenvalue weighted by molar-refractivity contribution is 0.260. The molecule has 6 nitrogen and oxygen atoms in total. The Morgan fingerprint density at radius 2 is 2.00 bits per heavy atom. The Balaban J connectivity index is 1.44. The molecule has 0 bridgehead atoms. The number of rotatable bonds is 5. The van der Waals surface area contributed by atoms with Crippen molar-refractivity contribution in [3.05, 3.63) is 59.7 Å². The van der Waals surface area contributed by atoms with Crippen molar-refractivity contribution < 1.29 is 4.52 Å². The number of nitrogens with zero attached hydrogens (tertiary/aromatic N) is 5. The smallest absolute Gasteiger partial charge is 0.241 e. The quantitative estimate of drug-likeness (QED) is 0.556. The van der Waals surface area contributed by atoms with Gasteiger partial charge in [0, 0.05) is 18.0 Å². The second-order valence-corrected chi connectivity index (χ2v) is 6.62. The van der Waals surface area contributed by atoms with Crippen molar-refractivity contribution in [2.24, 2.45) is 0 Å². The van der Waals surface area contributed by atoms with Crippen LogP contribution in [0.25, 0.3) is 21.6 Å². The summed E-state index contributed by atoms with van der Waals surface area (Å²) in [5, 5.41) is 5.09. The summed E-state index contributed by atoms with van der Waals surface area (Å²) < 4.78 is 6.54. The highest BCUT2D eigenvalue weighted by atomic mass is 32.1. The molecule has 4 rings (SSSR count). The molecular weight excluding hydrogens is 322 g/mol. The summed E-state index contributed by atoms with van der Waals surface area (Å²) in [6.45, 7) is 1.31. The summed E-state index contributed by atoms with van der Waals surface area (Å²) in [5.41, 5.74) is 1.89. The molecule has 0 spiro atoms. The van der Waals surface area contributed by atoms with Gasteiger partial charge in [0.25, 0.3) is 0 Å². The minimum absolute atomic E-state index is 0.562. The molecule has 0 aliphatic heterocycles. The van der Waals surface area contributed by atoms with Crippen molar-refractivity contribution in [1.29, 1.82) is 0 Å². The van der Waals surface area contributed by atoms with Crippen LogP contribution in [-0.2, 0) is 13.1 Å². The molecule has 0 atom stereocenters. The van der Waals surface area contributed by atoms with E-state index in [1.807, 2.05) is 37.4 Å². The number of hydrogen-bond donors (Lipinski definition) is 0. The first-order valence-electron chi connectivity index (χ1n) is 7.54. The fraction of sp³-hybridized carbons (Fsp3) is 0.176. The van der Waals surface area contributed by atoms with Crippen LogP contribution in [0, 0.1) is 0 Å². The minimum Gasteiger partial charge on any atom is -0.338 e. The van der Waals surface area contributed by atoms with Gasteiger partial charge >= 0.3 is 0 Å². The first kappa shape index (κ1) is 14.9. The van der Waals surface area contributed by atoms with Crippen LogP contribution in [0.2, 0.25) is 0 Å². The van der Waals surface area contributed by atoms with Crippen molar-refractivity contribution in [3.63, 3.8) is 0 Å². The van der Waals surface area contributed by atoms with Gasteiger partial charge in [-0.3, -0.25) is 9.88 Å². The van der Waals surface area contributed by atoms with Crippen LogP contribution in [0.3, 0.4) is 0 Å². The van der Waals surface area contributed by atoms with Crippen LogP contribution < -0.4 is 0 Å². The maximum Gasteiger partial charge on any atom is 0.241 e. The van der Waals surface area contributed by atoms with E-state index < -0.39 is 0 Å². The summed E-state index contributed by atoms with van der Waals surface area (Å²) in [6.07, 6.45) is 3.44. The van der Waals surface area contributed by atoms with E-state index in [1.165, 1.54) is 4.70 Å². The molecule has 0 aliphatic carbocycles. The van der Waals surface area contributed by atoms with Crippen molar-refractivity contribution in [2.75, 3.05) is 7.05 Å². The normalized spacial score (nSPS) is 11.4. The minimum atomic E-state index is 0.562. The number of pyridine rings is 1. The zero-order valence-electron chi connectivity index (χ0n) is 13.1. The van der Waals surface area contributed by atoms with Crippen LogP contribution in [0.4, 0.5) is 0 Å². The Labute approximate surface area is 142 Å². The van der Waals surface area contributed by atoms with E-state index in [4.69, 9.17) is 4.52 Å². The fourth-order valence-corrected chi connectivity index (χ4v) is 3.48. The molecule has 0 unspecified atom stereocenters. The molecule has 0 radical (unpaired) electrons. The van der Waals surface area contributed by atoms with E-state index in [9.17, 15) is 0 Å². The van der Waals surface area contributed by atoms with Crippen molar-refractivity contribution in [3.8, 4) is 11.4 Å². The molecule has 3 aromatic heterocycles.